The highest BCUT2D eigenvalue weighted by Gasteiger charge is 2.38. The first-order valence-corrected chi connectivity index (χ1v) is 17.0. The van der Waals surface area contributed by atoms with Crippen LogP contribution in [0.4, 0.5) is 26.3 Å². The first-order valence-electron chi connectivity index (χ1n) is 12.9. The number of rotatable bonds is 15. The van der Waals surface area contributed by atoms with Crippen LogP contribution in [-0.4, -0.2) is 103 Å². The van der Waals surface area contributed by atoms with Gasteiger partial charge in [-0.15, -0.1) is 11.3 Å². The number of ether oxygens (including phenoxy) is 1. The summed E-state index contributed by atoms with van der Waals surface area (Å²) >= 11 is 1.05. The second-order valence-corrected chi connectivity index (χ2v) is 13.7. The maximum Gasteiger partial charge on any atom is 0.490 e. The number of carbonyl (C=O) groups is 2. The van der Waals surface area contributed by atoms with Gasteiger partial charge >= 0.3 is 31.9 Å². The van der Waals surface area contributed by atoms with Crippen molar-refractivity contribution in [2.45, 2.75) is 42.7 Å². The quantitative estimate of drug-likeness (QED) is 0.0791. The maximum absolute atomic E-state index is 12.5. The Morgan fingerprint density at radius 3 is 1.83 bits per heavy atom. The predicted octanol–water partition coefficient (Wildman–Crippen LogP) is 2.66. The van der Waals surface area contributed by atoms with Gasteiger partial charge in [-0.25, -0.2) is 18.0 Å². The Hall–Kier alpha value is -2.56. The van der Waals surface area contributed by atoms with Crippen LogP contribution in [0.5, 0.6) is 5.75 Å². The van der Waals surface area contributed by atoms with Crippen LogP contribution in [0, 0.1) is 6.92 Å². The monoisotopic (exact) mass is 736 g/mol. The molecule has 0 spiro atoms. The molecule has 0 atom stereocenters. The van der Waals surface area contributed by atoms with Gasteiger partial charge in [-0.05, 0) is 76.1 Å². The Morgan fingerprint density at radius 1 is 0.957 bits per heavy atom. The average molecular weight is 737 g/mol. The summed E-state index contributed by atoms with van der Waals surface area (Å²) in [6, 6.07) is 5.38. The number of benzene rings is 1. The number of carboxylic acids is 2. The molecule has 0 aliphatic heterocycles. The van der Waals surface area contributed by atoms with E-state index in [2.05, 4.69) is 4.90 Å². The number of alkyl halides is 6. The van der Waals surface area contributed by atoms with Crippen molar-refractivity contribution >= 4 is 51.0 Å². The summed E-state index contributed by atoms with van der Waals surface area (Å²) < 4.78 is 108. The summed E-state index contributed by atoms with van der Waals surface area (Å²) in [7, 11) is -8.53. The Morgan fingerprint density at radius 2 is 1.41 bits per heavy atom. The van der Waals surface area contributed by atoms with Gasteiger partial charge in [-0.2, -0.15) is 31.1 Å². The number of nitrogens with two attached hydrogens (primary N) is 2. The van der Waals surface area contributed by atoms with Gasteiger partial charge < -0.3 is 41.1 Å². The fraction of sp³-hybridized carbons (Fsp3) is 0.565. The molecule has 46 heavy (non-hydrogen) atoms. The number of aryl methyl sites for hydroxylation is 1. The fourth-order valence-electron chi connectivity index (χ4n) is 3.20. The van der Waals surface area contributed by atoms with Crippen molar-refractivity contribution in [3.63, 3.8) is 0 Å². The highest BCUT2D eigenvalue weighted by Crippen LogP contribution is 2.37. The highest BCUT2D eigenvalue weighted by molar-refractivity contribution is 7.92. The third kappa shape index (κ3) is 17.4. The Bertz CT molecular complexity index is 1390. The number of carboxylic acid groups (broad SMARTS) is 2. The lowest BCUT2D eigenvalue weighted by molar-refractivity contribution is -0.193. The van der Waals surface area contributed by atoms with Crippen LogP contribution in [0.3, 0.4) is 0 Å². The molecule has 0 aliphatic rings. The fourth-order valence-corrected chi connectivity index (χ4v) is 7.00. The summed E-state index contributed by atoms with van der Waals surface area (Å²) in [4.78, 5) is 38.0. The van der Waals surface area contributed by atoms with Gasteiger partial charge in [-0.1, -0.05) is 0 Å². The van der Waals surface area contributed by atoms with E-state index < -0.39 is 48.2 Å². The van der Waals surface area contributed by atoms with Crippen LogP contribution in [0.25, 0.3) is 10.1 Å². The first-order chi connectivity index (χ1) is 21.0. The molecule has 9 N–H and O–H groups in total. The van der Waals surface area contributed by atoms with Crippen molar-refractivity contribution in [1.82, 2.24) is 9.62 Å². The minimum atomic E-state index is -5.08. The van der Waals surface area contributed by atoms with E-state index >= 15 is 0 Å². The van der Waals surface area contributed by atoms with Crippen molar-refractivity contribution in [3.8, 4) is 5.75 Å². The van der Waals surface area contributed by atoms with Crippen LogP contribution in [0.1, 0.15) is 24.8 Å². The summed E-state index contributed by atoms with van der Waals surface area (Å²) in [6.45, 7) is 6.25. The number of hydrogen-bond acceptors (Lipinski definition) is 10. The van der Waals surface area contributed by atoms with E-state index in [0.29, 0.717) is 31.0 Å². The van der Waals surface area contributed by atoms with Crippen LogP contribution in [-0.2, 0) is 24.2 Å². The minimum Gasteiger partial charge on any atom is -0.494 e. The number of aliphatic carboxylic acids is 2. The largest absolute Gasteiger partial charge is 0.494 e. The molecule has 0 amide bonds. The molecule has 0 aliphatic carbocycles. The molecule has 14 nitrogen and oxygen atoms in total. The zero-order valence-electron chi connectivity index (χ0n) is 24.2. The molecule has 0 saturated heterocycles. The molecule has 0 radical (unpaired) electrons. The van der Waals surface area contributed by atoms with Gasteiger partial charge in [-0.3, -0.25) is 4.57 Å². The van der Waals surface area contributed by atoms with E-state index in [-0.39, 0.29) is 4.21 Å². The van der Waals surface area contributed by atoms with Crippen LogP contribution in [0.2, 0.25) is 0 Å². The minimum absolute atomic E-state index is 0.0357. The number of sulfonamides is 1. The van der Waals surface area contributed by atoms with Crippen LogP contribution < -0.4 is 20.9 Å². The smallest absolute Gasteiger partial charge is 0.490 e. The third-order valence-corrected chi connectivity index (χ3v) is 9.38. The standard InChI is InChI=1S/C19H33N4O6PS2.2C2HF3O2/c1-15-17-13-16(29-12-4-11-23(9-2-7-20)10-3-8-21)5-6-18(17)31-19(15)32(27,28)22-14-30(24,25)26;2*3-2(4,5)1(6)7/h5-6,13,22H,2-4,7-12,14,20-21H2,1H3,(H2,24,25,26);2*(H,6,7). The molecule has 0 unspecified atom stereocenters. The SMILES string of the molecule is Cc1c(S(=O)(=O)NCP(=O)(O)O)sc2ccc(OCCCN(CCCN)CCCN)cc12.O=C(O)C(F)(F)F.O=C(O)C(F)(F)F. The van der Waals surface area contributed by atoms with Gasteiger partial charge in [0.2, 0.25) is 0 Å². The number of hydrogen-bond donors (Lipinski definition) is 7. The molecule has 23 heteroatoms. The molecule has 2 rings (SSSR count). The lowest BCUT2D eigenvalue weighted by Gasteiger charge is -2.21. The van der Waals surface area contributed by atoms with Crippen molar-refractivity contribution in [3.05, 3.63) is 23.8 Å². The van der Waals surface area contributed by atoms with E-state index in [4.69, 9.17) is 45.8 Å². The van der Waals surface area contributed by atoms with Gasteiger partial charge in [0.25, 0.3) is 10.0 Å². The van der Waals surface area contributed by atoms with E-state index in [9.17, 15) is 39.3 Å². The molecule has 0 fully saturated rings. The van der Waals surface area contributed by atoms with Crippen LogP contribution in [0.15, 0.2) is 22.4 Å². The van der Waals surface area contributed by atoms with E-state index in [1.165, 1.54) is 0 Å². The zero-order valence-corrected chi connectivity index (χ0v) is 26.7. The van der Waals surface area contributed by atoms with Crippen molar-refractivity contribution in [2.24, 2.45) is 11.5 Å². The highest BCUT2D eigenvalue weighted by atomic mass is 32.2. The number of nitrogens with one attached hydrogen (secondary N) is 1. The first kappa shape index (κ1) is 43.4. The number of nitrogens with zero attached hydrogens (tertiary/aromatic N) is 1. The number of halogens is 6. The summed E-state index contributed by atoms with van der Waals surface area (Å²) in [6.07, 6.45) is -8.39. The van der Waals surface area contributed by atoms with Crippen molar-refractivity contribution in [2.75, 3.05) is 45.6 Å². The third-order valence-electron chi connectivity index (χ3n) is 5.30. The van der Waals surface area contributed by atoms with Crippen LogP contribution >= 0.6 is 18.9 Å². The van der Waals surface area contributed by atoms with Crippen molar-refractivity contribution < 1.29 is 73.7 Å². The zero-order chi connectivity index (χ0) is 35.9. The molecule has 1 aromatic heterocycles. The summed E-state index contributed by atoms with van der Waals surface area (Å²) in [5.74, 6) is -4.87. The lowest BCUT2D eigenvalue weighted by Crippen LogP contribution is -2.30. The Kier molecular flexibility index (Phi) is 18.2. The van der Waals surface area contributed by atoms with E-state index in [0.717, 1.165) is 60.3 Å². The normalized spacial score (nSPS) is 12.3. The molecule has 2 aromatic rings. The Balaban J connectivity index is 0.00000120. The molecule has 266 valence electrons. The average Bonchev–Trinajstić information content (AvgIpc) is 3.27. The molecule has 0 bridgehead atoms. The molecule has 1 aromatic carbocycles. The second-order valence-electron chi connectivity index (χ2n) is 9.08. The Labute approximate surface area is 263 Å². The summed E-state index contributed by atoms with van der Waals surface area (Å²) in [5, 5.41) is 15.0. The molecule has 0 saturated carbocycles. The number of fused-ring (bicyclic) bond motifs is 1. The maximum atomic E-state index is 12.5. The number of thiophene rings is 1. The molecular formula is C23H35F6N4O10PS2. The summed E-state index contributed by atoms with van der Waals surface area (Å²) in [5.41, 5.74) is 11.7. The van der Waals surface area contributed by atoms with Gasteiger partial charge in [0, 0.05) is 16.6 Å². The molecule has 1 heterocycles. The second kappa shape index (κ2) is 19.3. The molecular weight excluding hydrogens is 701 g/mol. The van der Waals surface area contributed by atoms with Gasteiger partial charge in [0.1, 0.15) is 16.2 Å². The predicted molar refractivity (Wildman–Crippen MR) is 155 cm³/mol. The van der Waals surface area contributed by atoms with Crippen molar-refractivity contribution in [1.29, 1.82) is 0 Å². The van der Waals surface area contributed by atoms with E-state index in [1.54, 1.807) is 25.1 Å². The van der Waals surface area contributed by atoms with E-state index in [1.807, 2.05) is 4.72 Å². The topological polar surface area (TPSA) is 243 Å². The lowest BCUT2D eigenvalue weighted by atomic mass is 10.2. The van der Waals surface area contributed by atoms with Gasteiger partial charge in [0.15, 0.2) is 0 Å². The van der Waals surface area contributed by atoms with Gasteiger partial charge in [0.05, 0.1) is 6.61 Å².